The zero-order chi connectivity index (χ0) is 48.2. The number of ether oxygens (including phenoxy) is 2. The van der Waals surface area contributed by atoms with Crippen LogP contribution < -0.4 is 5.32 Å². The molecule has 0 aliphatic carbocycles. The summed E-state index contributed by atoms with van der Waals surface area (Å²) in [4.78, 5) is 30.4. The highest BCUT2D eigenvalue weighted by Gasteiger charge is 2.16. The maximum atomic E-state index is 12.9. The molecule has 9 heteroatoms. The number of rotatable bonds is 54. The van der Waals surface area contributed by atoms with Crippen molar-refractivity contribution < 1.29 is 29.3 Å². The number of carbonyl (C=O) groups is 2. The number of unbranched alkanes of at least 4 members (excludes halogenated alkanes) is 28. The molecule has 0 atom stereocenters. The molecule has 0 fully saturated rings. The van der Waals surface area contributed by atoms with Gasteiger partial charge in [-0.15, -0.1) is 0 Å². The second kappa shape index (κ2) is 52.9. The van der Waals surface area contributed by atoms with Gasteiger partial charge in [-0.3, -0.25) is 9.69 Å². The number of esters is 1. The van der Waals surface area contributed by atoms with Crippen molar-refractivity contribution in [3.8, 4) is 0 Å². The summed E-state index contributed by atoms with van der Waals surface area (Å²) >= 11 is 0. The summed E-state index contributed by atoms with van der Waals surface area (Å²) in [5, 5.41) is 22.2. The van der Waals surface area contributed by atoms with Gasteiger partial charge >= 0.3 is 12.1 Å². The van der Waals surface area contributed by atoms with Gasteiger partial charge in [0.25, 0.3) is 0 Å². The number of nitrogens with one attached hydrogen (secondary N) is 1. The molecule has 0 saturated heterocycles. The van der Waals surface area contributed by atoms with Crippen LogP contribution in [0.25, 0.3) is 0 Å². The minimum absolute atomic E-state index is 0.0129. The summed E-state index contributed by atoms with van der Waals surface area (Å²) in [5.74, 6) is 0.0129. The summed E-state index contributed by atoms with van der Waals surface area (Å²) in [6.45, 7) is 15.1. The fourth-order valence-electron chi connectivity index (χ4n) is 9.39. The van der Waals surface area contributed by atoms with Crippen LogP contribution in [0.1, 0.15) is 285 Å². The summed E-state index contributed by atoms with van der Waals surface area (Å²) in [5.41, 5.74) is 0. The number of aliphatic hydroxyl groups is 2. The van der Waals surface area contributed by atoms with E-state index in [4.69, 9.17) is 9.47 Å². The topological polar surface area (TPSA) is 112 Å². The van der Waals surface area contributed by atoms with Gasteiger partial charge in [0, 0.05) is 25.6 Å². The molecule has 0 heterocycles. The molecule has 394 valence electrons. The number of amides is 1. The van der Waals surface area contributed by atoms with E-state index in [1.165, 1.54) is 167 Å². The van der Waals surface area contributed by atoms with Gasteiger partial charge in [0.1, 0.15) is 6.10 Å². The zero-order valence-corrected chi connectivity index (χ0v) is 44.7. The molecule has 0 saturated carbocycles. The van der Waals surface area contributed by atoms with Gasteiger partial charge in [-0.05, 0) is 96.8 Å². The Balaban J connectivity index is 4.65. The highest BCUT2D eigenvalue weighted by Crippen LogP contribution is 2.19. The molecule has 66 heavy (non-hydrogen) atoms. The predicted molar refractivity (Wildman–Crippen MR) is 283 cm³/mol. The third-order valence-electron chi connectivity index (χ3n) is 13.7. The van der Waals surface area contributed by atoms with Crippen LogP contribution in [-0.2, 0) is 14.3 Å². The van der Waals surface area contributed by atoms with Crippen LogP contribution in [0.5, 0.6) is 0 Å². The molecular weight excluding hydrogens is 823 g/mol. The van der Waals surface area contributed by atoms with E-state index in [0.29, 0.717) is 26.1 Å². The summed E-state index contributed by atoms with van der Waals surface area (Å²) < 4.78 is 11.8. The minimum atomic E-state index is -0.229. The van der Waals surface area contributed by atoms with Crippen LogP contribution in [0.4, 0.5) is 4.79 Å². The van der Waals surface area contributed by atoms with Crippen molar-refractivity contribution in [2.24, 2.45) is 0 Å². The molecule has 0 aromatic heterocycles. The summed E-state index contributed by atoms with van der Waals surface area (Å²) in [6, 6.07) is 0.234. The standard InChI is InChI=1S/C57H115N3O6/c1-5-9-13-17-23-31-40-54(41-32-24-18-14-10-6-2)58-57(64)65-53-38-30-22-29-37-46-59(47-39-48-60(49-51-61)50-52-62)45-36-28-21-27-35-44-56(63)66-55(42-33-25-19-15-11-7-3)43-34-26-20-16-12-8-4/h54-55,61-62H,5-53H2,1-4H3,(H,58,64). The van der Waals surface area contributed by atoms with Crippen molar-refractivity contribution in [3.63, 3.8) is 0 Å². The van der Waals surface area contributed by atoms with Gasteiger partial charge in [-0.1, -0.05) is 207 Å². The first-order valence-electron chi connectivity index (χ1n) is 29.2. The monoisotopic (exact) mass is 938 g/mol. The predicted octanol–water partition coefficient (Wildman–Crippen LogP) is 15.3. The molecular formula is C57H115N3O6. The van der Waals surface area contributed by atoms with E-state index in [2.05, 4.69) is 42.8 Å². The molecule has 1 amide bonds. The van der Waals surface area contributed by atoms with Crippen molar-refractivity contribution in [2.75, 3.05) is 59.1 Å². The first-order valence-corrected chi connectivity index (χ1v) is 29.2. The SMILES string of the molecule is CCCCCCCCC(CCCCCCCC)NC(=O)OCCCCCCCN(CCCCCCCC(=O)OC(CCCCCCCC)CCCCCCCC)CCCN(CCO)CCO. The molecule has 0 spiro atoms. The number of hydrogen-bond donors (Lipinski definition) is 3. The lowest BCUT2D eigenvalue weighted by Crippen LogP contribution is -2.35. The van der Waals surface area contributed by atoms with Crippen molar-refractivity contribution in [2.45, 2.75) is 297 Å². The molecule has 3 N–H and O–H groups in total. The Morgan fingerprint density at radius 2 is 0.758 bits per heavy atom. The fourth-order valence-corrected chi connectivity index (χ4v) is 9.39. The quantitative estimate of drug-likeness (QED) is 0.0408. The van der Waals surface area contributed by atoms with E-state index in [0.717, 1.165) is 110 Å². The van der Waals surface area contributed by atoms with Crippen LogP contribution in [0.3, 0.4) is 0 Å². The second-order valence-electron chi connectivity index (χ2n) is 20.1. The van der Waals surface area contributed by atoms with Gasteiger partial charge in [-0.25, -0.2) is 4.79 Å². The van der Waals surface area contributed by atoms with E-state index in [1.807, 2.05) is 0 Å². The number of aliphatic hydroxyl groups excluding tert-OH is 2. The third kappa shape index (κ3) is 46.3. The van der Waals surface area contributed by atoms with E-state index in [9.17, 15) is 19.8 Å². The normalized spacial score (nSPS) is 11.8. The fraction of sp³-hybridized carbons (Fsp3) is 0.965. The number of carbonyl (C=O) groups excluding carboxylic acids is 2. The highest BCUT2D eigenvalue weighted by molar-refractivity contribution is 5.69. The van der Waals surface area contributed by atoms with Crippen molar-refractivity contribution in [3.05, 3.63) is 0 Å². The Kier molecular flexibility index (Phi) is 51.8. The smallest absolute Gasteiger partial charge is 0.407 e. The van der Waals surface area contributed by atoms with Crippen LogP contribution in [0.15, 0.2) is 0 Å². The van der Waals surface area contributed by atoms with Gasteiger partial charge in [0.05, 0.1) is 19.8 Å². The minimum Gasteiger partial charge on any atom is -0.462 e. The summed E-state index contributed by atoms with van der Waals surface area (Å²) in [6.07, 6.45) is 47.3. The molecule has 0 aliphatic heterocycles. The molecule has 0 rings (SSSR count). The summed E-state index contributed by atoms with van der Waals surface area (Å²) in [7, 11) is 0. The Morgan fingerprint density at radius 3 is 1.20 bits per heavy atom. The first-order chi connectivity index (χ1) is 32.4. The Bertz CT molecular complexity index is 950. The van der Waals surface area contributed by atoms with Gasteiger partial charge < -0.3 is 29.9 Å². The number of alkyl carbamates (subject to hydrolysis) is 1. The average Bonchev–Trinajstić information content (AvgIpc) is 3.31. The number of hydrogen-bond acceptors (Lipinski definition) is 8. The lowest BCUT2D eigenvalue weighted by molar-refractivity contribution is -0.150. The Hall–Kier alpha value is -1.42. The van der Waals surface area contributed by atoms with E-state index in [-0.39, 0.29) is 37.4 Å². The molecule has 0 aliphatic rings. The van der Waals surface area contributed by atoms with Crippen LogP contribution >= 0.6 is 0 Å². The Labute approximate surface area is 410 Å². The van der Waals surface area contributed by atoms with Crippen LogP contribution in [-0.4, -0.2) is 103 Å². The van der Waals surface area contributed by atoms with Gasteiger partial charge in [0.2, 0.25) is 0 Å². The largest absolute Gasteiger partial charge is 0.462 e. The average molecular weight is 939 g/mol. The van der Waals surface area contributed by atoms with E-state index < -0.39 is 0 Å². The lowest BCUT2D eigenvalue weighted by Gasteiger charge is -2.25. The van der Waals surface area contributed by atoms with Crippen molar-refractivity contribution in [1.29, 1.82) is 0 Å². The molecule has 0 bridgehead atoms. The highest BCUT2D eigenvalue weighted by atomic mass is 16.5. The molecule has 0 radical (unpaired) electrons. The van der Waals surface area contributed by atoms with Crippen LogP contribution in [0.2, 0.25) is 0 Å². The van der Waals surface area contributed by atoms with E-state index in [1.54, 1.807) is 0 Å². The third-order valence-corrected chi connectivity index (χ3v) is 13.7. The van der Waals surface area contributed by atoms with E-state index >= 15 is 0 Å². The van der Waals surface area contributed by atoms with Crippen molar-refractivity contribution in [1.82, 2.24) is 15.1 Å². The van der Waals surface area contributed by atoms with Crippen LogP contribution in [0, 0.1) is 0 Å². The molecule has 0 aromatic rings. The second-order valence-corrected chi connectivity index (χ2v) is 20.1. The zero-order valence-electron chi connectivity index (χ0n) is 44.7. The van der Waals surface area contributed by atoms with Gasteiger partial charge in [0.15, 0.2) is 0 Å². The maximum Gasteiger partial charge on any atom is 0.407 e. The van der Waals surface area contributed by atoms with Crippen molar-refractivity contribution >= 4 is 12.1 Å². The number of nitrogens with zero attached hydrogens (tertiary/aromatic N) is 2. The molecule has 0 aromatic carbocycles. The first kappa shape index (κ1) is 64.6. The molecule has 0 unspecified atom stereocenters. The molecule has 9 nitrogen and oxygen atoms in total. The Morgan fingerprint density at radius 1 is 0.409 bits per heavy atom. The maximum absolute atomic E-state index is 12.9. The lowest BCUT2D eigenvalue weighted by atomic mass is 10.00. The van der Waals surface area contributed by atoms with Gasteiger partial charge in [-0.2, -0.15) is 0 Å².